The van der Waals surface area contributed by atoms with Gasteiger partial charge in [0.25, 0.3) is 0 Å². The highest BCUT2D eigenvalue weighted by Gasteiger charge is 2.37. The van der Waals surface area contributed by atoms with Gasteiger partial charge in [0.1, 0.15) is 11.9 Å². The minimum absolute atomic E-state index is 0.261. The van der Waals surface area contributed by atoms with Crippen LogP contribution in [0.2, 0.25) is 0 Å². The van der Waals surface area contributed by atoms with Crippen molar-refractivity contribution in [2.45, 2.75) is 25.0 Å². The van der Waals surface area contributed by atoms with E-state index in [1.54, 1.807) is 6.20 Å². The highest BCUT2D eigenvalue weighted by molar-refractivity contribution is 5.95. The Labute approximate surface area is 200 Å². The van der Waals surface area contributed by atoms with E-state index in [1.165, 1.54) is 11.4 Å². The summed E-state index contributed by atoms with van der Waals surface area (Å²) in [6, 6.07) is 15.8. The molecule has 3 aromatic rings. The van der Waals surface area contributed by atoms with Crippen molar-refractivity contribution in [1.82, 2.24) is 14.9 Å². The van der Waals surface area contributed by atoms with Crippen LogP contribution in [-0.2, 0) is 0 Å². The first kappa shape index (κ1) is 21.1. The average molecular weight is 455 g/mol. The second-order valence-corrected chi connectivity index (χ2v) is 9.77. The van der Waals surface area contributed by atoms with Gasteiger partial charge in [-0.05, 0) is 37.3 Å². The van der Waals surface area contributed by atoms with Gasteiger partial charge >= 0.3 is 0 Å². The summed E-state index contributed by atoms with van der Waals surface area (Å²) < 4.78 is 0. The van der Waals surface area contributed by atoms with Gasteiger partial charge in [-0.25, -0.2) is 4.98 Å². The average Bonchev–Trinajstić information content (AvgIpc) is 2.86. The summed E-state index contributed by atoms with van der Waals surface area (Å²) in [6.45, 7) is 9.08. The number of hydrogen-bond donors (Lipinski definition) is 1. The van der Waals surface area contributed by atoms with Gasteiger partial charge in [0, 0.05) is 99.2 Å². The summed E-state index contributed by atoms with van der Waals surface area (Å²) in [6.07, 6.45) is 3.69. The lowest BCUT2D eigenvalue weighted by molar-refractivity contribution is 0.108. The lowest BCUT2D eigenvalue weighted by Crippen LogP contribution is -2.65. The van der Waals surface area contributed by atoms with Gasteiger partial charge in [-0.3, -0.25) is 9.88 Å². The Morgan fingerprint density at radius 3 is 2.62 bits per heavy atom. The second-order valence-electron chi connectivity index (χ2n) is 9.77. The maximum absolute atomic E-state index is 9.53. The number of nitriles is 1. The van der Waals surface area contributed by atoms with Gasteiger partial charge in [0.2, 0.25) is 0 Å². The molecule has 6 rings (SSSR count). The highest BCUT2D eigenvalue weighted by atomic mass is 15.4. The molecule has 2 N–H and O–H groups in total. The molecule has 2 atom stereocenters. The van der Waals surface area contributed by atoms with Crippen molar-refractivity contribution >= 4 is 28.1 Å². The van der Waals surface area contributed by atoms with Crippen molar-refractivity contribution in [2.75, 3.05) is 60.5 Å². The SMILES string of the molecule is CC1CN(c2ccc(C#N)c3ncccc23)CC2CN(c3ccnc(N4CC(N)C4)c3)CCN12. The Hall–Kier alpha value is -3.41. The Kier molecular flexibility index (Phi) is 5.24. The summed E-state index contributed by atoms with van der Waals surface area (Å²) in [5, 5.41) is 10.6. The maximum atomic E-state index is 9.53. The summed E-state index contributed by atoms with van der Waals surface area (Å²) in [5.74, 6) is 1.02. The summed E-state index contributed by atoms with van der Waals surface area (Å²) in [5.41, 5.74) is 9.81. The first-order chi connectivity index (χ1) is 16.6. The van der Waals surface area contributed by atoms with Gasteiger partial charge in [0.05, 0.1) is 11.1 Å². The molecule has 3 saturated heterocycles. The van der Waals surface area contributed by atoms with Gasteiger partial charge in [-0.2, -0.15) is 5.26 Å². The Morgan fingerprint density at radius 1 is 0.941 bits per heavy atom. The molecule has 3 aliphatic rings. The number of fused-ring (bicyclic) bond motifs is 2. The number of pyridine rings is 2. The van der Waals surface area contributed by atoms with Gasteiger partial charge in [0.15, 0.2) is 0 Å². The van der Waals surface area contributed by atoms with Gasteiger partial charge in [-0.1, -0.05) is 0 Å². The van der Waals surface area contributed by atoms with E-state index >= 15 is 0 Å². The molecule has 8 heteroatoms. The quantitative estimate of drug-likeness (QED) is 0.643. The van der Waals surface area contributed by atoms with E-state index in [2.05, 4.69) is 66.8 Å². The van der Waals surface area contributed by atoms with Crippen molar-refractivity contribution in [3.05, 3.63) is 54.4 Å². The highest BCUT2D eigenvalue weighted by Crippen LogP contribution is 2.33. The molecule has 3 aliphatic heterocycles. The largest absolute Gasteiger partial charge is 0.368 e. The minimum Gasteiger partial charge on any atom is -0.368 e. The zero-order valence-corrected chi connectivity index (χ0v) is 19.5. The molecule has 0 amide bonds. The fourth-order valence-electron chi connectivity index (χ4n) is 5.80. The van der Waals surface area contributed by atoms with Crippen molar-refractivity contribution in [3.8, 4) is 6.07 Å². The molecule has 8 nitrogen and oxygen atoms in total. The molecule has 34 heavy (non-hydrogen) atoms. The number of rotatable bonds is 3. The lowest BCUT2D eigenvalue weighted by atomic mass is 10.0. The molecule has 0 aliphatic carbocycles. The van der Waals surface area contributed by atoms with E-state index in [0.717, 1.165) is 62.5 Å². The minimum atomic E-state index is 0.261. The zero-order valence-electron chi connectivity index (χ0n) is 19.5. The van der Waals surface area contributed by atoms with Crippen LogP contribution in [0.25, 0.3) is 10.9 Å². The van der Waals surface area contributed by atoms with Gasteiger partial charge < -0.3 is 20.4 Å². The van der Waals surface area contributed by atoms with Crippen molar-refractivity contribution in [3.63, 3.8) is 0 Å². The third-order valence-corrected chi connectivity index (χ3v) is 7.55. The van der Waals surface area contributed by atoms with E-state index in [-0.39, 0.29) is 6.04 Å². The van der Waals surface area contributed by atoms with Crippen LogP contribution in [0.5, 0.6) is 0 Å². The van der Waals surface area contributed by atoms with Crippen LogP contribution < -0.4 is 20.4 Å². The third-order valence-electron chi connectivity index (χ3n) is 7.55. The second kappa shape index (κ2) is 8.42. The van der Waals surface area contributed by atoms with Gasteiger partial charge in [-0.15, -0.1) is 0 Å². The van der Waals surface area contributed by atoms with Crippen molar-refractivity contribution in [1.29, 1.82) is 5.26 Å². The van der Waals surface area contributed by atoms with Crippen LogP contribution in [0.4, 0.5) is 17.2 Å². The number of nitrogens with zero attached hydrogens (tertiary/aromatic N) is 7. The first-order valence-corrected chi connectivity index (χ1v) is 12.1. The number of anilines is 3. The summed E-state index contributed by atoms with van der Waals surface area (Å²) in [4.78, 5) is 19.0. The number of hydrogen-bond acceptors (Lipinski definition) is 8. The van der Waals surface area contributed by atoms with Crippen LogP contribution in [0.15, 0.2) is 48.8 Å². The zero-order chi connectivity index (χ0) is 23.2. The normalized spacial score (nSPS) is 23.5. The Morgan fingerprint density at radius 2 is 1.79 bits per heavy atom. The maximum Gasteiger partial charge on any atom is 0.130 e. The van der Waals surface area contributed by atoms with Crippen molar-refractivity contribution in [2.24, 2.45) is 5.73 Å². The molecule has 2 aromatic heterocycles. The van der Waals surface area contributed by atoms with E-state index in [0.29, 0.717) is 17.6 Å². The van der Waals surface area contributed by atoms with Crippen LogP contribution in [0, 0.1) is 11.3 Å². The number of nitrogens with two attached hydrogens (primary N) is 1. The van der Waals surface area contributed by atoms with Crippen LogP contribution in [0.3, 0.4) is 0 Å². The molecule has 1 aromatic carbocycles. The smallest absolute Gasteiger partial charge is 0.130 e. The fraction of sp³-hybridized carbons (Fsp3) is 0.423. The first-order valence-electron chi connectivity index (χ1n) is 12.1. The predicted molar refractivity (Wildman–Crippen MR) is 135 cm³/mol. The molecule has 0 saturated carbocycles. The predicted octanol–water partition coefficient (Wildman–Crippen LogP) is 2.05. The monoisotopic (exact) mass is 454 g/mol. The molecule has 0 radical (unpaired) electrons. The van der Waals surface area contributed by atoms with Crippen molar-refractivity contribution < 1.29 is 0 Å². The lowest BCUT2D eigenvalue weighted by Gasteiger charge is -2.51. The molecule has 5 heterocycles. The van der Waals surface area contributed by atoms with Crippen LogP contribution in [0.1, 0.15) is 12.5 Å². The standard InChI is InChI=1S/C26H30N8/c1-18-13-32(24-5-4-19(12-27)26-23(24)3-2-7-30-26)17-22-16-31(9-10-34(18)22)21-6-8-29-25(11-21)33-14-20(28)15-33/h2-8,11,18,20,22H,9-10,13-17,28H2,1H3. The van der Waals surface area contributed by atoms with E-state index in [4.69, 9.17) is 5.73 Å². The van der Waals surface area contributed by atoms with E-state index < -0.39 is 0 Å². The number of benzene rings is 1. The molecule has 2 unspecified atom stereocenters. The topological polar surface area (TPSA) is 88.5 Å². The summed E-state index contributed by atoms with van der Waals surface area (Å²) in [7, 11) is 0. The van der Waals surface area contributed by atoms with E-state index in [1.807, 2.05) is 18.3 Å². The Balaban J connectivity index is 1.25. The van der Waals surface area contributed by atoms with Crippen LogP contribution >= 0.6 is 0 Å². The molecular weight excluding hydrogens is 424 g/mol. The molecule has 3 fully saturated rings. The molecular formula is C26H30N8. The number of aromatic nitrogens is 2. The van der Waals surface area contributed by atoms with E-state index in [9.17, 15) is 5.26 Å². The third kappa shape index (κ3) is 3.61. The fourth-order valence-corrected chi connectivity index (χ4v) is 5.80. The molecule has 0 bridgehead atoms. The molecule has 174 valence electrons. The van der Waals surface area contributed by atoms with Crippen LogP contribution in [-0.4, -0.2) is 78.8 Å². The summed E-state index contributed by atoms with van der Waals surface area (Å²) >= 11 is 0. The molecule has 0 spiro atoms. The Bertz CT molecular complexity index is 1250. The number of piperazine rings is 2.